The first kappa shape index (κ1) is 13.6. The second-order valence-corrected chi connectivity index (χ2v) is 5.28. The highest BCUT2D eigenvalue weighted by Crippen LogP contribution is 2.22. The van der Waals surface area contributed by atoms with E-state index in [9.17, 15) is 4.79 Å². The van der Waals surface area contributed by atoms with Crippen LogP contribution in [0.5, 0.6) is 0 Å². The number of halogens is 1. The number of anilines is 1. The van der Waals surface area contributed by atoms with E-state index in [4.69, 9.17) is 20.4 Å². The van der Waals surface area contributed by atoms with Crippen LogP contribution in [0.15, 0.2) is 21.0 Å². The van der Waals surface area contributed by atoms with Gasteiger partial charge in [-0.1, -0.05) is 25.9 Å². The molecule has 0 aliphatic rings. The van der Waals surface area contributed by atoms with Crippen LogP contribution >= 0.6 is 11.6 Å². The van der Waals surface area contributed by atoms with Gasteiger partial charge in [0, 0.05) is 5.41 Å². The maximum absolute atomic E-state index is 11.8. The summed E-state index contributed by atoms with van der Waals surface area (Å²) in [5.74, 6) is 0.866. The van der Waals surface area contributed by atoms with Crippen molar-refractivity contribution in [2.75, 3.05) is 5.32 Å². The van der Waals surface area contributed by atoms with E-state index in [1.165, 1.54) is 6.07 Å². The molecule has 0 fully saturated rings. The van der Waals surface area contributed by atoms with Gasteiger partial charge in [-0.05, 0) is 12.1 Å². The Morgan fingerprint density at radius 3 is 2.58 bits per heavy atom. The summed E-state index contributed by atoms with van der Waals surface area (Å²) in [4.78, 5) is 11.8. The molecule has 0 aliphatic carbocycles. The second-order valence-electron chi connectivity index (χ2n) is 5.02. The molecule has 2 aromatic heterocycles. The van der Waals surface area contributed by atoms with Crippen molar-refractivity contribution >= 4 is 23.5 Å². The van der Waals surface area contributed by atoms with Gasteiger partial charge in [-0.15, -0.1) is 16.7 Å². The lowest BCUT2D eigenvalue weighted by Gasteiger charge is -2.10. The number of hydrogen-bond acceptors (Lipinski definition) is 5. The minimum absolute atomic E-state index is 0.0405. The van der Waals surface area contributed by atoms with Crippen molar-refractivity contribution < 1.29 is 13.6 Å². The van der Waals surface area contributed by atoms with E-state index in [0.29, 0.717) is 11.7 Å². The smallest absolute Gasteiger partial charge is 0.322 e. The first-order valence-electron chi connectivity index (χ1n) is 5.70. The van der Waals surface area contributed by atoms with Gasteiger partial charge in [0.25, 0.3) is 5.91 Å². The quantitative estimate of drug-likeness (QED) is 0.876. The summed E-state index contributed by atoms with van der Waals surface area (Å²) in [5.41, 5.74) is -0.271. The van der Waals surface area contributed by atoms with Crippen LogP contribution in [-0.2, 0) is 11.3 Å². The highest BCUT2D eigenvalue weighted by Gasteiger charge is 2.22. The van der Waals surface area contributed by atoms with E-state index in [2.05, 4.69) is 15.5 Å². The molecule has 7 heteroatoms. The number of rotatable bonds is 3. The van der Waals surface area contributed by atoms with Crippen molar-refractivity contribution in [1.29, 1.82) is 0 Å². The van der Waals surface area contributed by atoms with E-state index in [0.717, 1.165) is 0 Å². The highest BCUT2D eigenvalue weighted by molar-refractivity contribution is 6.16. The molecule has 102 valence electrons. The standard InChI is InChI=1S/C12H14ClN3O3/c1-12(2,3)10-15-16-11(19-10)14-9(17)8-5-4-7(6-13)18-8/h4-5H,6H2,1-3H3,(H,14,16,17). The van der Waals surface area contributed by atoms with Crippen LogP contribution in [0.4, 0.5) is 6.01 Å². The Kier molecular flexibility index (Phi) is 3.61. The molecule has 0 aliphatic heterocycles. The van der Waals surface area contributed by atoms with Gasteiger partial charge in [-0.25, -0.2) is 0 Å². The predicted molar refractivity (Wildman–Crippen MR) is 69.2 cm³/mol. The minimum atomic E-state index is -0.458. The van der Waals surface area contributed by atoms with E-state index < -0.39 is 5.91 Å². The monoisotopic (exact) mass is 283 g/mol. The lowest BCUT2D eigenvalue weighted by atomic mass is 9.97. The average Bonchev–Trinajstić information content (AvgIpc) is 2.95. The van der Waals surface area contributed by atoms with Crippen molar-refractivity contribution in [1.82, 2.24) is 10.2 Å². The van der Waals surface area contributed by atoms with Gasteiger partial charge in [0.1, 0.15) is 5.76 Å². The molecule has 0 saturated carbocycles. The Morgan fingerprint density at radius 2 is 2.05 bits per heavy atom. The Balaban J connectivity index is 2.09. The molecule has 1 N–H and O–H groups in total. The zero-order valence-electron chi connectivity index (χ0n) is 10.9. The summed E-state index contributed by atoms with van der Waals surface area (Å²) in [7, 11) is 0. The third kappa shape index (κ3) is 3.14. The summed E-state index contributed by atoms with van der Waals surface area (Å²) in [5, 5.41) is 10.1. The zero-order valence-corrected chi connectivity index (χ0v) is 11.6. The molecule has 1 amide bonds. The molecule has 0 bridgehead atoms. The fourth-order valence-corrected chi connectivity index (χ4v) is 1.45. The molecule has 0 aromatic carbocycles. The minimum Gasteiger partial charge on any atom is -0.455 e. The summed E-state index contributed by atoms with van der Waals surface area (Å²) >= 11 is 5.59. The molecule has 0 radical (unpaired) electrons. The molecule has 0 atom stereocenters. The normalized spacial score (nSPS) is 11.6. The van der Waals surface area contributed by atoms with Gasteiger partial charge in [-0.3, -0.25) is 10.1 Å². The van der Waals surface area contributed by atoms with Gasteiger partial charge in [-0.2, -0.15) is 0 Å². The van der Waals surface area contributed by atoms with Crippen molar-refractivity contribution in [3.8, 4) is 0 Å². The topological polar surface area (TPSA) is 81.2 Å². The largest absolute Gasteiger partial charge is 0.455 e. The molecule has 2 rings (SSSR count). The van der Waals surface area contributed by atoms with Crippen LogP contribution in [0.1, 0.15) is 43.0 Å². The number of carbonyl (C=O) groups excluding carboxylic acids is 1. The number of nitrogens with one attached hydrogen (secondary N) is 1. The predicted octanol–water partition coefficient (Wildman–Crippen LogP) is 2.95. The third-order valence-corrected chi connectivity index (χ3v) is 2.57. The molecule has 19 heavy (non-hydrogen) atoms. The highest BCUT2D eigenvalue weighted by atomic mass is 35.5. The van der Waals surface area contributed by atoms with Crippen LogP contribution < -0.4 is 5.32 Å². The van der Waals surface area contributed by atoms with Crippen LogP contribution in [0, 0.1) is 0 Å². The van der Waals surface area contributed by atoms with Gasteiger partial charge in [0.2, 0.25) is 5.89 Å². The Labute approximate surface area is 115 Å². The maximum atomic E-state index is 11.8. The van der Waals surface area contributed by atoms with E-state index in [1.54, 1.807) is 6.07 Å². The van der Waals surface area contributed by atoms with Crippen molar-refractivity contribution in [3.05, 3.63) is 29.5 Å². The van der Waals surface area contributed by atoms with Crippen LogP contribution in [-0.4, -0.2) is 16.1 Å². The molecule has 2 heterocycles. The van der Waals surface area contributed by atoms with Gasteiger partial charge < -0.3 is 8.83 Å². The Bertz CT molecular complexity index is 583. The maximum Gasteiger partial charge on any atom is 0.322 e. The number of alkyl halides is 1. The molecule has 6 nitrogen and oxygen atoms in total. The van der Waals surface area contributed by atoms with E-state index >= 15 is 0 Å². The summed E-state index contributed by atoms with van der Waals surface area (Å²) in [6.45, 7) is 5.81. The Hall–Kier alpha value is -1.82. The average molecular weight is 284 g/mol. The number of aromatic nitrogens is 2. The lowest BCUT2D eigenvalue weighted by Crippen LogP contribution is -2.12. The summed E-state index contributed by atoms with van der Waals surface area (Å²) in [6.07, 6.45) is 0. The van der Waals surface area contributed by atoms with Crippen LogP contribution in [0.25, 0.3) is 0 Å². The van der Waals surface area contributed by atoms with E-state index in [-0.39, 0.29) is 23.1 Å². The summed E-state index contributed by atoms with van der Waals surface area (Å²) in [6, 6.07) is 3.21. The fourth-order valence-electron chi connectivity index (χ4n) is 1.31. The van der Waals surface area contributed by atoms with Crippen molar-refractivity contribution in [3.63, 3.8) is 0 Å². The van der Waals surface area contributed by atoms with E-state index in [1.807, 2.05) is 20.8 Å². The zero-order chi connectivity index (χ0) is 14.0. The number of furan rings is 1. The van der Waals surface area contributed by atoms with Crippen LogP contribution in [0.3, 0.4) is 0 Å². The SMILES string of the molecule is CC(C)(C)c1nnc(NC(=O)c2ccc(CCl)o2)o1. The second kappa shape index (κ2) is 5.05. The van der Waals surface area contributed by atoms with Gasteiger partial charge in [0.15, 0.2) is 5.76 Å². The van der Waals surface area contributed by atoms with Gasteiger partial charge >= 0.3 is 6.01 Å². The molecule has 0 saturated heterocycles. The Morgan fingerprint density at radius 1 is 1.32 bits per heavy atom. The first-order chi connectivity index (χ1) is 8.90. The third-order valence-electron chi connectivity index (χ3n) is 2.30. The first-order valence-corrected chi connectivity index (χ1v) is 6.23. The van der Waals surface area contributed by atoms with Crippen molar-refractivity contribution in [2.24, 2.45) is 0 Å². The molecule has 0 spiro atoms. The molecular formula is C12H14ClN3O3. The number of amides is 1. The molecular weight excluding hydrogens is 270 g/mol. The van der Waals surface area contributed by atoms with Crippen LogP contribution in [0.2, 0.25) is 0 Å². The lowest BCUT2D eigenvalue weighted by molar-refractivity contribution is 0.0992. The van der Waals surface area contributed by atoms with Gasteiger partial charge in [0.05, 0.1) is 5.88 Å². The number of hydrogen-bond donors (Lipinski definition) is 1. The summed E-state index contributed by atoms with van der Waals surface area (Å²) < 4.78 is 10.6. The number of nitrogens with zero attached hydrogens (tertiary/aromatic N) is 2. The molecule has 2 aromatic rings. The number of carbonyl (C=O) groups is 1. The van der Waals surface area contributed by atoms with Crippen molar-refractivity contribution in [2.45, 2.75) is 32.1 Å². The fraction of sp³-hybridized carbons (Fsp3) is 0.417. The molecule has 0 unspecified atom stereocenters.